The molecule has 0 saturated heterocycles. The molecule has 0 radical (unpaired) electrons. The average Bonchev–Trinajstić information content (AvgIpc) is 2.28. The molecule has 3 N–H and O–H groups in total. The summed E-state index contributed by atoms with van der Waals surface area (Å²) in [4.78, 5) is 11.7. The topological polar surface area (TPSA) is 55.1 Å². The van der Waals surface area contributed by atoms with E-state index >= 15 is 0 Å². The first kappa shape index (κ1) is 18.7. The van der Waals surface area contributed by atoms with Crippen LogP contribution >= 0.6 is 12.4 Å². The van der Waals surface area contributed by atoms with Crippen LogP contribution in [-0.2, 0) is 11.0 Å². The molecule has 0 heterocycles. The van der Waals surface area contributed by atoms with Crippen LogP contribution < -0.4 is 11.1 Å². The van der Waals surface area contributed by atoms with Gasteiger partial charge in [-0.15, -0.1) is 12.4 Å². The van der Waals surface area contributed by atoms with E-state index in [4.69, 9.17) is 5.73 Å². The van der Waals surface area contributed by atoms with Gasteiger partial charge in [0.1, 0.15) is 0 Å². The van der Waals surface area contributed by atoms with E-state index in [1.54, 1.807) is 13.8 Å². The smallest absolute Gasteiger partial charge is 0.325 e. The Hall–Kier alpha value is -1.27. The molecule has 1 rings (SSSR count). The minimum Gasteiger partial charge on any atom is -0.325 e. The molecule has 0 spiro atoms. The lowest BCUT2D eigenvalue weighted by Gasteiger charge is -2.17. The summed E-state index contributed by atoms with van der Waals surface area (Å²) in [6.45, 7) is 4.90. The molecule has 3 nitrogen and oxygen atoms in total. The predicted molar refractivity (Wildman–Crippen MR) is 74.9 cm³/mol. The van der Waals surface area contributed by atoms with Gasteiger partial charge in [0.15, 0.2) is 0 Å². The van der Waals surface area contributed by atoms with E-state index in [9.17, 15) is 18.0 Å². The van der Waals surface area contributed by atoms with E-state index in [1.165, 1.54) is 19.1 Å². The maximum atomic E-state index is 12.7. The second-order valence-electron chi connectivity index (χ2n) is 4.79. The van der Waals surface area contributed by atoms with Crippen LogP contribution in [0.5, 0.6) is 0 Å². The van der Waals surface area contributed by atoms with Crippen LogP contribution in [0, 0.1) is 12.8 Å². The monoisotopic (exact) mass is 310 g/mol. The van der Waals surface area contributed by atoms with Gasteiger partial charge in [0, 0.05) is 5.69 Å². The molecular formula is C13H18ClF3N2O. The van der Waals surface area contributed by atoms with Gasteiger partial charge in [0.05, 0.1) is 11.6 Å². The Balaban J connectivity index is 0.00000361. The summed E-state index contributed by atoms with van der Waals surface area (Å²) in [5.41, 5.74) is 5.07. The average molecular weight is 311 g/mol. The van der Waals surface area contributed by atoms with Crippen LogP contribution in [0.25, 0.3) is 0 Å². The standard InChI is InChI=1S/C13H17F3N2O.ClH/c1-7(2)11(17)12(19)18-9-5-4-8(3)10(6-9)13(14,15)16;/h4-7,11H,17H2,1-3H3,(H,18,19);1H/t11-;/m1./s1. The summed E-state index contributed by atoms with van der Waals surface area (Å²) >= 11 is 0. The quantitative estimate of drug-likeness (QED) is 0.899. The molecule has 0 saturated carbocycles. The third-order valence-electron chi connectivity index (χ3n) is 2.83. The molecule has 1 aromatic carbocycles. The van der Waals surface area contributed by atoms with Crippen molar-refractivity contribution in [2.75, 3.05) is 5.32 Å². The Morgan fingerprint density at radius 3 is 2.30 bits per heavy atom. The van der Waals surface area contributed by atoms with Gasteiger partial charge in [-0.2, -0.15) is 13.2 Å². The van der Waals surface area contributed by atoms with Crippen molar-refractivity contribution in [2.45, 2.75) is 33.0 Å². The van der Waals surface area contributed by atoms with E-state index in [0.717, 1.165) is 6.07 Å². The van der Waals surface area contributed by atoms with Gasteiger partial charge in [-0.05, 0) is 30.5 Å². The van der Waals surface area contributed by atoms with E-state index in [2.05, 4.69) is 5.32 Å². The van der Waals surface area contributed by atoms with Gasteiger partial charge in [0.25, 0.3) is 0 Å². The largest absolute Gasteiger partial charge is 0.416 e. The van der Waals surface area contributed by atoms with Crippen molar-refractivity contribution in [1.29, 1.82) is 0 Å². The Morgan fingerprint density at radius 2 is 1.85 bits per heavy atom. The Bertz CT molecular complexity index is 475. The van der Waals surface area contributed by atoms with Gasteiger partial charge in [-0.25, -0.2) is 0 Å². The number of rotatable bonds is 3. The molecule has 1 aromatic rings. The lowest BCUT2D eigenvalue weighted by atomic mass is 10.0. The van der Waals surface area contributed by atoms with Gasteiger partial charge >= 0.3 is 6.18 Å². The van der Waals surface area contributed by atoms with E-state index in [-0.39, 0.29) is 29.6 Å². The summed E-state index contributed by atoms with van der Waals surface area (Å²) < 4.78 is 38.1. The number of nitrogens with two attached hydrogens (primary N) is 1. The van der Waals surface area contributed by atoms with Crippen molar-refractivity contribution < 1.29 is 18.0 Å². The van der Waals surface area contributed by atoms with Crippen LogP contribution in [0.1, 0.15) is 25.0 Å². The number of nitrogens with one attached hydrogen (secondary N) is 1. The number of carbonyl (C=O) groups is 1. The van der Waals surface area contributed by atoms with Gasteiger partial charge in [-0.1, -0.05) is 19.9 Å². The summed E-state index contributed by atoms with van der Waals surface area (Å²) in [5.74, 6) is -0.584. The fourth-order valence-electron chi connectivity index (χ4n) is 1.53. The maximum absolute atomic E-state index is 12.7. The molecule has 0 fully saturated rings. The number of alkyl halides is 3. The van der Waals surface area contributed by atoms with Gasteiger partial charge in [-0.3, -0.25) is 4.79 Å². The molecule has 1 amide bonds. The summed E-state index contributed by atoms with van der Waals surface area (Å²) in [6, 6.07) is 2.91. The lowest BCUT2D eigenvalue weighted by molar-refractivity contribution is -0.138. The minimum absolute atomic E-state index is 0. The van der Waals surface area contributed by atoms with Crippen molar-refractivity contribution >= 4 is 24.0 Å². The van der Waals surface area contributed by atoms with Gasteiger partial charge in [0.2, 0.25) is 5.91 Å². The first-order valence-electron chi connectivity index (χ1n) is 5.87. The van der Waals surface area contributed by atoms with Crippen molar-refractivity contribution in [3.05, 3.63) is 29.3 Å². The van der Waals surface area contributed by atoms with Crippen molar-refractivity contribution in [3.63, 3.8) is 0 Å². The number of benzene rings is 1. The molecule has 7 heteroatoms. The number of anilines is 1. The van der Waals surface area contributed by atoms with Crippen LogP contribution in [0.3, 0.4) is 0 Å². The minimum atomic E-state index is -4.44. The zero-order valence-electron chi connectivity index (χ0n) is 11.4. The van der Waals surface area contributed by atoms with E-state index in [1.807, 2.05) is 0 Å². The number of amides is 1. The first-order chi connectivity index (χ1) is 8.62. The Labute approximate surface area is 122 Å². The molecule has 1 atom stereocenters. The van der Waals surface area contributed by atoms with Crippen molar-refractivity contribution in [3.8, 4) is 0 Å². The fourth-order valence-corrected chi connectivity index (χ4v) is 1.53. The highest BCUT2D eigenvalue weighted by atomic mass is 35.5. The highest BCUT2D eigenvalue weighted by Gasteiger charge is 2.32. The molecule has 0 unspecified atom stereocenters. The summed E-state index contributed by atoms with van der Waals surface area (Å²) in [7, 11) is 0. The van der Waals surface area contributed by atoms with E-state index < -0.39 is 23.7 Å². The number of halogens is 4. The number of carbonyl (C=O) groups excluding carboxylic acids is 1. The second kappa shape index (κ2) is 6.95. The Morgan fingerprint density at radius 1 is 1.30 bits per heavy atom. The molecule has 0 aliphatic rings. The molecule has 0 aliphatic heterocycles. The molecule has 0 aliphatic carbocycles. The van der Waals surface area contributed by atoms with Crippen LogP contribution in [0.4, 0.5) is 18.9 Å². The molecule has 0 bridgehead atoms. The molecule has 20 heavy (non-hydrogen) atoms. The number of aryl methyl sites for hydroxylation is 1. The third-order valence-corrected chi connectivity index (χ3v) is 2.83. The maximum Gasteiger partial charge on any atom is 0.416 e. The SMILES string of the molecule is Cc1ccc(NC(=O)[C@H](N)C(C)C)cc1C(F)(F)F.Cl. The van der Waals surface area contributed by atoms with Crippen LogP contribution in [-0.4, -0.2) is 11.9 Å². The zero-order valence-corrected chi connectivity index (χ0v) is 12.2. The third kappa shape index (κ3) is 4.68. The Kier molecular flexibility index (Phi) is 6.50. The van der Waals surface area contributed by atoms with Crippen molar-refractivity contribution in [2.24, 2.45) is 11.7 Å². The molecular weight excluding hydrogens is 293 g/mol. The van der Waals surface area contributed by atoms with Gasteiger partial charge < -0.3 is 11.1 Å². The highest BCUT2D eigenvalue weighted by Crippen LogP contribution is 2.33. The second-order valence-corrected chi connectivity index (χ2v) is 4.79. The molecule has 114 valence electrons. The normalized spacial score (nSPS) is 12.8. The first-order valence-corrected chi connectivity index (χ1v) is 5.87. The van der Waals surface area contributed by atoms with Crippen LogP contribution in [0.2, 0.25) is 0 Å². The highest BCUT2D eigenvalue weighted by molar-refractivity contribution is 5.94. The van der Waals surface area contributed by atoms with Crippen molar-refractivity contribution in [1.82, 2.24) is 0 Å². The zero-order chi connectivity index (χ0) is 14.8. The number of hydrogen-bond donors (Lipinski definition) is 2. The van der Waals surface area contributed by atoms with E-state index in [0.29, 0.717) is 0 Å². The predicted octanol–water partition coefficient (Wildman–Crippen LogP) is 3.36. The number of hydrogen-bond acceptors (Lipinski definition) is 2. The summed E-state index contributed by atoms with van der Waals surface area (Å²) in [6.07, 6.45) is -4.44. The fraction of sp³-hybridized carbons (Fsp3) is 0.462. The lowest BCUT2D eigenvalue weighted by Crippen LogP contribution is -2.39. The summed E-state index contributed by atoms with van der Waals surface area (Å²) in [5, 5.41) is 2.40. The van der Waals surface area contributed by atoms with Crippen LogP contribution in [0.15, 0.2) is 18.2 Å². The molecule has 0 aromatic heterocycles.